The molecule has 0 aromatic rings. The molecule has 0 radical (unpaired) electrons. The second-order valence-electron chi connectivity index (χ2n) is 6.80. The molecule has 1 aliphatic heterocycles. The number of likely N-dealkylation sites (tertiary alicyclic amines) is 1. The predicted molar refractivity (Wildman–Crippen MR) is 100 cm³/mol. The Kier molecular flexibility index (Phi) is 10.0. The smallest absolute Gasteiger partial charge is 0.326 e. The second-order valence-corrected chi connectivity index (χ2v) is 6.80. The molecule has 0 saturated carbocycles. The van der Waals surface area contributed by atoms with Crippen molar-refractivity contribution in [1.29, 1.82) is 0 Å². The lowest BCUT2D eigenvalue weighted by atomic mass is 10.1. The first kappa shape index (κ1) is 24.3. The van der Waals surface area contributed by atoms with Crippen molar-refractivity contribution < 1.29 is 34.2 Å². The minimum Gasteiger partial charge on any atom is -0.481 e. The summed E-state index contributed by atoms with van der Waals surface area (Å²) in [6.45, 7) is 0.403. The molecule has 1 saturated heterocycles. The van der Waals surface area contributed by atoms with Crippen LogP contribution in [0.4, 0.5) is 0 Å². The van der Waals surface area contributed by atoms with Crippen molar-refractivity contribution in [2.45, 2.75) is 56.7 Å². The molecule has 1 rings (SSSR count). The number of carbonyl (C=O) groups is 5. The number of hydrogen-bond acceptors (Lipinski definition) is 7. The van der Waals surface area contributed by atoms with Gasteiger partial charge in [0.25, 0.3) is 0 Å². The number of rotatable bonds is 12. The number of carboxylic acid groups (broad SMARTS) is 2. The maximum atomic E-state index is 13.0. The number of carbonyl (C=O) groups excluding carboxylic acids is 3. The number of aliphatic carboxylic acids is 2. The van der Waals surface area contributed by atoms with E-state index in [2.05, 4.69) is 10.6 Å². The summed E-state index contributed by atoms with van der Waals surface area (Å²) < 4.78 is 0. The average molecular weight is 415 g/mol. The molecule has 3 unspecified atom stereocenters. The zero-order chi connectivity index (χ0) is 22.0. The lowest BCUT2D eigenvalue weighted by molar-refractivity contribution is -0.148. The first-order chi connectivity index (χ1) is 13.7. The first-order valence-corrected chi connectivity index (χ1v) is 9.46. The quantitative estimate of drug-likeness (QED) is 0.187. The average Bonchev–Trinajstić information content (AvgIpc) is 3.15. The summed E-state index contributed by atoms with van der Waals surface area (Å²) in [5.74, 6) is -4.57. The monoisotopic (exact) mass is 415 g/mol. The van der Waals surface area contributed by atoms with Gasteiger partial charge in [-0.1, -0.05) is 0 Å². The van der Waals surface area contributed by atoms with E-state index in [0.717, 1.165) is 0 Å². The molecule has 0 spiro atoms. The summed E-state index contributed by atoms with van der Waals surface area (Å²) in [5.41, 5.74) is 10.8. The van der Waals surface area contributed by atoms with Gasteiger partial charge in [-0.3, -0.25) is 19.2 Å². The van der Waals surface area contributed by atoms with Crippen LogP contribution in [0.3, 0.4) is 0 Å². The molecule has 8 N–H and O–H groups in total. The van der Waals surface area contributed by atoms with Crippen LogP contribution >= 0.6 is 0 Å². The van der Waals surface area contributed by atoms with E-state index in [1.807, 2.05) is 0 Å². The van der Waals surface area contributed by atoms with Crippen molar-refractivity contribution in [1.82, 2.24) is 15.5 Å². The zero-order valence-corrected chi connectivity index (χ0v) is 16.1. The number of carboxylic acids is 2. The van der Waals surface area contributed by atoms with Crippen LogP contribution in [0, 0.1) is 0 Å². The summed E-state index contributed by atoms with van der Waals surface area (Å²) in [6.07, 6.45) is 1.60. The highest BCUT2D eigenvalue weighted by atomic mass is 16.4. The summed E-state index contributed by atoms with van der Waals surface area (Å²) in [7, 11) is 0. The third-order valence-corrected chi connectivity index (χ3v) is 4.60. The number of unbranched alkanes of at least 4 members (excludes halogenated alkanes) is 1. The number of hydrogen-bond donors (Lipinski definition) is 6. The third kappa shape index (κ3) is 7.66. The van der Waals surface area contributed by atoms with Gasteiger partial charge >= 0.3 is 11.9 Å². The molecule has 3 amide bonds. The minimum atomic E-state index is -1.60. The number of amides is 3. The van der Waals surface area contributed by atoms with Gasteiger partial charge in [0.1, 0.15) is 18.1 Å². The van der Waals surface area contributed by atoms with Gasteiger partial charge in [-0.15, -0.1) is 0 Å². The van der Waals surface area contributed by atoms with Gasteiger partial charge in [-0.25, -0.2) is 4.79 Å². The molecular weight excluding hydrogens is 386 g/mol. The van der Waals surface area contributed by atoms with Crippen molar-refractivity contribution in [3.05, 3.63) is 0 Å². The Hall–Kier alpha value is -2.73. The fourth-order valence-corrected chi connectivity index (χ4v) is 3.15. The summed E-state index contributed by atoms with van der Waals surface area (Å²) in [4.78, 5) is 60.4. The maximum Gasteiger partial charge on any atom is 0.326 e. The number of nitrogens with two attached hydrogens (primary N) is 2. The number of nitrogens with zero attached hydrogens (tertiary/aromatic N) is 1. The largest absolute Gasteiger partial charge is 0.481 e. The SMILES string of the molecule is NCCCCC(NC(=O)CN)C(=O)N1CCCC1C(=O)NC(CC(=O)O)C(=O)O. The Bertz CT molecular complexity index is 627. The van der Waals surface area contributed by atoms with E-state index >= 15 is 0 Å². The predicted octanol–water partition coefficient (Wildman–Crippen LogP) is -2.41. The van der Waals surface area contributed by atoms with E-state index < -0.39 is 54.2 Å². The van der Waals surface area contributed by atoms with Crippen molar-refractivity contribution in [2.75, 3.05) is 19.6 Å². The molecule has 3 atom stereocenters. The van der Waals surface area contributed by atoms with Gasteiger partial charge < -0.3 is 37.2 Å². The Morgan fingerprint density at radius 1 is 1.03 bits per heavy atom. The molecule has 1 heterocycles. The van der Waals surface area contributed by atoms with Gasteiger partial charge in [-0.2, -0.15) is 0 Å². The van der Waals surface area contributed by atoms with E-state index in [0.29, 0.717) is 38.6 Å². The molecular formula is C17H29N5O7. The van der Waals surface area contributed by atoms with Crippen LogP contribution in [-0.4, -0.2) is 82.5 Å². The van der Waals surface area contributed by atoms with Crippen molar-refractivity contribution in [3.63, 3.8) is 0 Å². The van der Waals surface area contributed by atoms with Crippen LogP contribution < -0.4 is 22.1 Å². The van der Waals surface area contributed by atoms with Crippen LogP contribution in [-0.2, 0) is 24.0 Å². The molecule has 0 aromatic carbocycles. The van der Waals surface area contributed by atoms with Crippen molar-refractivity contribution in [3.8, 4) is 0 Å². The highest BCUT2D eigenvalue weighted by Crippen LogP contribution is 2.20. The fourth-order valence-electron chi connectivity index (χ4n) is 3.15. The number of nitrogens with one attached hydrogen (secondary N) is 2. The molecule has 29 heavy (non-hydrogen) atoms. The topological polar surface area (TPSA) is 205 Å². The van der Waals surface area contributed by atoms with E-state index in [9.17, 15) is 24.0 Å². The van der Waals surface area contributed by atoms with Gasteiger partial charge in [0.05, 0.1) is 13.0 Å². The van der Waals surface area contributed by atoms with E-state index in [1.54, 1.807) is 0 Å². The Labute approximate surface area is 168 Å². The highest BCUT2D eigenvalue weighted by Gasteiger charge is 2.38. The lowest BCUT2D eigenvalue weighted by Gasteiger charge is -2.29. The molecule has 1 aliphatic rings. The van der Waals surface area contributed by atoms with Crippen LogP contribution in [0.25, 0.3) is 0 Å². The molecule has 164 valence electrons. The lowest BCUT2D eigenvalue weighted by Crippen LogP contribution is -2.56. The Morgan fingerprint density at radius 2 is 1.72 bits per heavy atom. The van der Waals surface area contributed by atoms with Gasteiger partial charge in [0.2, 0.25) is 17.7 Å². The molecule has 0 aliphatic carbocycles. The van der Waals surface area contributed by atoms with Gasteiger partial charge in [0, 0.05) is 6.54 Å². The van der Waals surface area contributed by atoms with Crippen LogP contribution in [0.5, 0.6) is 0 Å². The minimum absolute atomic E-state index is 0.263. The van der Waals surface area contributed by atoms with Gasteiger partial charge in [0.15, 0.2) is 0 Å². The van der Waals surface area contributed by atoms with Crippen LogP contribution in [0.2, 0.25) is 0 Å². The van der Waals surface area contributed by atoms with Crippen LogP contribution in [0.15, 0.2) is 0 Å². The highest BCUT2D eigenvalue weighted by molar-refractivity contribution is 5.94. The molecule has 0 aromatic heterocycles. The zero-order valence-electron chi connectivity index (χ0n) is 16.1. The standard InChI is InChI=1S/C17H29N5O7/c18-6-2-1-4-10(20-13(23)9-19)16(27)22-7-3-5-12(22)15(26)21-11(17(28)29)8-14(24)25/h10-12H,1-9,18-19H2,(H,20,23)(H,21,26)(H,24,25)(H,28,29). The Morgan fingerprint density at radius 3 is 2.28 bits per heavy atom. The maximum absolute atomic E-state index is 13.0. The molecule has 12 heteroatoms. The molecule has 12 nitrogen and oxygen atoms in total. The van der Waals surface area contributed by atoms with E-state index in [1.165, 1.54) is 4.90 Å². The first-order valence-electron chi connectivity index (χ1n) is 9.46. The third-order valence-electron chi connectivity index (χ3n) is 4.60. The summed E-state index contributed by atoms with van der Waals surface area (Å²) >= 11 is 0. The summed E-state index contributed by atoms with van der Waals surface area (Å²) in [5, 5.41) is 22.6. The van der Waals surface area contributed by atoms with Crippen molar-refractivity contribution >= 4 is 29.7 Å². The summed E-state index contributed by atoms with van der Waals surface area (Å²) in [6, 6.07) is -3.42. The van der Waals surface area contributed by atoms with Gasteiger partial charge in [-0.05, 0) is 38.6 Å². The normalized spacial score (nSPS) is 18.0. The fraction of sp³-hybridized carbons (Fsp3) is 0.706. The van der Waals surface area contributed by atoms with Crippen LogP contribution in [0.1, 0.15) is 38.5 Å². The Balaban J connectivity index is 2.88. The second kappa shape index (κ2) is 12.0. The van der Waals surface area contributed by atoms with Crippen molar-refractivity contribution in [2.24, 2.45) is 11.5 Å². The molecule has 1 fully saturated rings. The van der Waals surface area contributed by atoms with E-state index in [4.69, 9.17) is 21.7 Å². The molecule has 0 bridgehead atoms. The van der Waals surface area contributed by atoms with E-state index in [-0.39, 0.29) is 13.1 Å².